The van der Waals surface area contributed by atoms with Gasteiger partial charge in [-0.3, -0.25) is 0 Å². The highest BCUT2D eigenvalue weighted by atomic mass is 32.2. The molecule has 0 saturated heterocycles. The van der Waals surface area contributed by atoms with Crippen LogP contribution in [0.3, 0.4) is 0 Å². The molecule has 1 rings (SSSR count). The van der Waals surface area contributed by atoms with E-state index < -0.39 is 15.3 Å². The monoisotopic (exact) mass is 305 g/mol. The predicted molar refractivity (Wildman–Crippen MR) is 78.4 cm³/mol. The van der Waals surface area contributed by atoms with Gasteiger partial charge < -0.3 is 20.3 Å². The minimum atomic E-state index is -3.70. The second-order valence-corrected chi connectivity index (χ2v) is 6.07. The second-order valence-electron chi connectivity index (χ2n) is 3.83. The van der Waals surface area contributed by atoms with Crippen molar-refractivity contribution in [1.29, 1.82) is 0 Å². The summed E-state index contributed by atoms with van der Waals surface area (Å²) in [6, 6.07) is 4.06. The first-order valence-corrected chi connectivity index (χ1v) is 7.79. The van der Waals surface area contributed by atoms with Gasteiger partial charge in [-0.2, -0.15) is 0 Å². The number of benzene rings is 1. The minimum Gasteiger partial charge on any atom is -0.495 e. The van der Waals surface area contributed by atoms with Crippen molar-refractivity contribution in [1.82, 2.24) is 0 Å². The van der Waals surface area contributed by atoms with Crippen molar-refractivity contribution in [2.75, 3.05) is 26.1 Å². The molecule has 1 atom stereocenters. The van der Waals surface area contributed by atoms with Crippen molar-refractivity contribution in [3.63, 3.8) is 0 Å². The SMILES string of the molecule is CCOCC.COc1ccc(S(=O)(=O)C(C)O)cc1N. The Morgan fingerprint density at radius 2 is 1.85 bits per heavy atom. The molecule has 20 heavy (non-hydrogen) atoms. The highest BCUT2D eigenvalue weighted by Crippen LogP contribution is 2.25. The summed E-state index contributed by atoms with van der Waals surface area (Å²) in [6.07, 6.45) is 0. The molecule has 0 saturated carbocycles. The maximum atomic E-state index is 11.5. The fourth-order valence-corrected chi connectivity index (χ4v) is 2.23. The number of hydrogen-bond acceptors (Lipinski definition) is 6. The molecule has 1 aromatic carbocycles. The lowest BCUT2D eigenvalue weighted by atomic mass is 10.3. The molecule has 116 valence electrons. The van der Waals surface area contributed by atoms with Crippen LogP contribution in [0.1, 0.15) is 20.8 Å². The summed E-state index contributed by atoms with van der Waals surface area (Å²) in [5.41, 5.74) is 4.33. The summed E-state index contributed by atoms with van der Waals surface area (Å²) in [7, 11) is -2.27. The molecule has 0 aliphatic carbocycles. The fourth-order valence-electron chi connectivity index (χ4n) is 1.29. The quantitative estimate of drug-likeness (QED) is 0.798. The van der Waals surface area contributed by atoms with E-state index in [2.05, 4.69) is 0 Å². The zero-order valence-corrected chi connectivity index (χ0v) is 13.1. The molecule has 0 aliphatic rings. The average molecular weight is 305 g/mol. The van der Waals surface area contributed by atoms with Gasteiger partial charge in [-0.25, -0.2) is 8.42 Å². The van der Waals surface area contributed by atoms with E-state index in [0.29, 0.717) is 5.75 Å². The largest absolute Gasteiger partial charge is 0.495 e. The number of aliphatic hydroxyl groups excluding tert-OH is 1. The summed E-state index contributed by atoms with van der Waals surface area (Å²) in [5.74, 6) is 0.402. The first-order chi connectivity index (χ1) is 9.31. The van der Waals surface area contributed by atoms with Gasteiger partial charge in [0.25, 0.3) is 0 Å². The van der Waals surface area contributed by atoms with Crippen LogP contribution in [0, 0.1) is 0 Å². The maximum absolute atomic E-state index is 11.5. The lowest BCUT2D eigenvalue weighted by Crippen LogP contribution is -2.17. The average Bonchev–Trinajstić information content (AvgIpc) is 2.40. The van der Waals surface area contributed by atoms with Crippen LogP contribution < -0.4 is 10.5 Å². The third kappa shape index (κ3) is 5.36. The molecule has 6 nitrogen and oxygen atoms in total. The van der Waals surface area contributed by atoms with E-state index in [0.717, 1.165) is 13.2 Å². The van der Waals surface area contributed by atoms with Crippen LogP contribution in [-0.4, -0.2) is 39.3 Å². The van der Waals surface area contributed by atoms with E-state index in [4.69, 9.17) is 20.3 Å². The van der Waals surface area contributed by atoms with Crippen LogP contribution in [0.25, 0.3) is 0 Å². The highest BCUT2D eigenvalue weighted by molar-refractivity contribution is 7.91. The molecule has 0 fully saturated rings. The Morgan fingerprint density at radius 3 is 2.15 bits per heavy atom. The van der Waals surface area contributed by atoms with Crippen molar-refractivity contribution >= 4 is 15.5 Å². The first kappa shape index (κ1) is 18.7. The predicted octanol–water partition coefficient (Wildman–Crippen LogP) is 1.43. The summed E-state index contributed by atoms with van der Waals surface area (Å²) in [6.45, 7) is 6.86. The second kappa shape index (κ2) is 8.78. The Kier molecular flexibility index (Phi) is 8.21. The van der Waals surface area contributed by atoms with Crippen molar-refractivity contribution in [3.8, 4) is 5.75 Å². The van der Waals surface area contributed by atoms with Gasteiger partial charge in [0.05, 0.1) is 17.7 Å². The number of sulfone groups is 1. The molecule has 0 amide bonds. The molecule has 0 spiro atoms. The third-order valence-electron chi connectivity index (χ3n) is 2.39. The Bertz CT molecular complexity index is 497. The van der Waals surface area contributed by atoms with Crippen molar-refractivity contribution in [3.05, 3.63) is 18.2 Å². The fraction of sp³-hybridized carbons (Fsp3) is 0.538. The minimum absolute atomic E-state index is 0.0178. The van der Waals surface area contributed by atoms with Crippen LogP contribution in [0.4, 0.5) is 5.69 Å². The number of nitrogen functional groups attached to an aromatic ring is 1. The van der Waals surface area contributed by atoms with Gasteiger partial charge in [0.15, 0.2) is 5.44 Å². The van der Waals surface area contributed by atoms with Gasteiger partial charge in [0.2, 0.25) is 9.84 Å². The molecule has 0 heterocycles. The van der Waals surface area contributed by atoms with E-state index in [1.165, 1.54) is 32.2 Å². The van der Waals surface area contributed by atoms with Gasteiger partial charge in [0.1, 0.15) is 5.75 Å². The van der Waals surface area contributed by atoms with Crippen molar-refractivity contribution in [2.24, 2.45) is 0 Å². The molecule has 7 heteroatoms. The van der Waals surface area contributed by atoms with Gasteiger partial charge in [0, 0.05) is 13.2 Å². The lowest BCUT2D eigenvalue weighted by Gasteiger charge is -2.09. The standard InChI is InChI=1S/C9H13NO4S.C4H10O/c1-6(11)15(12,13)7-3-4-9(14-2)8(10)5-7;1-3-5-4-2/h3-6,11H,10H2,1-2H3;3-4H2,1-2H3. The van der Waals surface area contributed by atoms with Gasteiger partial charge >= 0.3 is 0 Å². The molecular weight excluding hydrogens is 282 g/mol. The van der Waals surface area contributed by atoms with E-state index >= 15 is 0 Å². The summed E-state index contributed by atoms with van der Waals surface area (Å²) in [5, 5.41) is 9.09. The Balaban J connectivity index is 0.000000621. The third-order valence-corrected chi connectivity index (χ3v) is 4.20. The number of nitrogens with two attached hydrogens (primary N) is 1. The molecule has 1 unspecified atom stereocenters. The molecule has 0 radical (unpaired) electrons. The van der Waals surface area contributed by atoms with Crippen molar-refractivity contribution < 1.29 is 23.0 Å². The number of anilines is 1. The number of aliphatic hydroxyl groups is 1. The number of rotatable bonds is 5. The van der Waals surface area contributed by atoms with Gasteiger partial charge in [-0.05, 0) is 39.0 Å². The molecule has 3 N–H and O–H groups in total. The van der Waals surface area contributed by atoms with E-state index in [-0.39, 0.29) is 10.6 Å². The summed E-state index contributed by atoms with van der Waals surface area (Å²) >= 11 is 0. The first-order valence-electron chi connectivity index (χ1n) is 6.24. The Hall–Kier alpha value is -1.31. The van der Waals surface area contributed by atoms with Gasteiger partial charge in [-0.15, -0.1) is 0 Å². The number of ether oxygens (including phenoxy) is 2. The van der Waals surface area contributed by atoms with Crippen LogP contribution >= 0.6 is 0 Å². The van der Waals surface area contributed by atoms with E-state index in [9.17, 15) is 8.42 Å². The molecular formula is C13H23NO5S. The zero-order valence-electron chi connectivity index (χ0n) is 12.3. The topological polar surface area (TPSA) is 98.8 Å². The Labute approximate surface area is 120 Å². The normalized spacial score (nSPS) is 12.2. The zero-order chi connectivity index (χ0) is 15.8. The Morgan fingerprint density at radius 1 is 1.30 bits per heavy atom. The van der Waals surface area contributed by atoms with Crippen molar-refractivity contribution in [2.45, 2.75) is 31.1 Å². The number of methoxy groups -OCH3 is 1. The van der Waals surface area contributed by atoms with Gasteiger partial charge in [-0.1, -0.05) is 0 Å². The maximum Gasteiger partial charge on any atom is 0.204 e. The van der Waals surface area contributed by atoms with Crippen LogP contribution in [0.5, 0.6) is 5.75 Å². The highest BCUT2D eigenvalue weighted by Gasteiger charge is 2.21. The van der Waals surface area contributed by atoms with Crippen LogP contribution in [0.2, 0.25) is 0 Å². The molecule has 1 aromatic rings. The van der Waals surface area contributed by atoms with E-state index in [1.54, 1.807) is 0 Å². The molecule has 0 aliphatic heterocycles. The number of hydrogen-bond donors (Lipinski definition) is 2. The summed E-state index contributed by atoms with van der Waals surface area (Å²) < 4.78 is 32.8. The van der Waals surface area contributed by atoms with Crippen LogP contribution in [0.15, 0.2) is 23.1 Å². The summed E-state index contributed by atoms with van der Waals surface area (Å²) in [4.78, 5) is -0.0178. The molecule has 0 aromatic heterocycles. The van der Waals surface area contributed by atoms with Crippen LogP contribution in [-0.2, 0) is 14.6 Å². The molecule has 0 bridgehead atoms. The van der Waals surface area contributed by atoms with E-state index in [1.807, 2.05) is 13.8 Å². The lowest BCUT2D eigenvalue weighted by molar-refractivity contribution is 0.162. The smallest absolute Gasteiger partial charge is 0.204 e.